The van der Waals surface area contributed by atoms with E-state index in [1.807, 2.05) is 0 Å². The van der Waals surface area contributed by atoms with Crippen LogP contribution in [0.15, 0.2) is 12.1 Å². The van der Waals surface area contributed by atoms with Gasteiger partial charge < -0.3 is 5.32 Å². The van der Waals surface area contributed by atoms with Crippen molar-refractivity contribution in [2.45, 2.75) is 13.3 Å². The summed E-state index contributed by atoms with van der Waals surface area (Å²) < 4.78 is 24.1. The molecule has 0 amide bonds. The summed E-state index contributed by atoms with van der Waals surface area (Å²) in [6.07, 6.45) is 2.24. The molecule has 0 aliphatic rings. The Balaban J connectivity index is 2.77. The Labute approximate surface area is 107 Å². The van der Waals surface area contributed by atoms with E-state index < -0.39 is 21.5 Å². The Hall–Kier alpha value is -1.50. The number of nitrogens with zero attached hydrogens (tertiary/aromatic N) is 1. The number of aryl methyl sites for hydroxylation is 1. The third kappa shape index (κ3) is 4.06. The van der Waals surface area contributed by atoms with E-state index in [0.29, 0.717) is 30.0 Å². The van der Waals surface area contributed by atoms with Crippen LogP contribution in [0.3, 0.4) is 0 Å². The van der Waals surface area contributed by atoms with Crippen molar-refractivity contribution in [3.05, 3.63) is 33.6 Å². The van der Waals surface area contributed by atoms with Gasteiger partial charge in [-0.1, -0.05) is 0 Å². The van der Waals surface area contributed by atoms with E-state index in [9.17, 15) is 18.7 Å². The Morgan fingerprint density at radius 2 is 2.17 bits per heavy atom. The molecule has 1 N–H and O–H groups in total. The average molecular weight is 274 g/mol. The molecule has 1 unspecified atom stereocenters. The predicted octanol–water partition coefficient (Wildman–Crippen LogP) is 2.22. The van der Waals surface area contributed by atoms with Crippen LogP contribution in [0.1, 0.15) is 12.0 Å². The van der Waals surface area contributed by atoms with Crippen molar-refractivity contribution in [2.75, 3.05) is 23.9 Å². The standard InChI is InChI=1S/C11H15FN2O3S/c1-8-6-10(13-4-3-5-18(2)17)11(14(15)16)7-9(8)12/h6-7,13H,3-5H2,1-2H3. The number of halogens is 1. The van der Waals surface area contributed by atoms with Gasteiger partial charge in [-0.3, -0.25) is 14.3 Å². The zero-order valence-corrected chi connectivity index (χ0v) is 11.1. The zero-order valence-electron chi connectivity index (χ0n) is 10.2. The maximum Gasteiger partial charge on any atom is 0.295 e. The monoisotopic (exact) mass is 274 g/mol. The largest absolute Gasteiger partial charge is 0.379 e. The van der Waals surface area contributed by atoms with E-state index in [-0.39, 0.29) is 5.69 Å². The molecule has 0 bridgehead atoms. The highest BCUT2D eigenvalue weighted by Crippen LogP contribution is 2.27. The van der Waals surface area contributed by atoms with Crippen LogP contribution in [-0.4, -0.2) is 27.7 Å². The molecule has 100 valence electrons. The van der Waals surface area contributed by atoms with Gasteiger partial charge in [0.25, 0.3) is 5.69 Å². The quantitative estimate of drug-likeness (QED) is 0.490. The van der Waals surface area contributed by atoms with Crippen molar-refractivity contribution in [1.29, 1.82) is 0 Å². The second kappa shape index (κ2) is 6.44. The number of hydrogen-bond donors (Lipinski definition) is 1. The molecular formula is C11H15FN2O3S. The number of rotatable bonds is 6. The highest BCUT2D eigenvalue weighted by molar-refractivity contribution is 7.84. The smallest absolute Gasteiger partial charge is 0.295 e. The summed E-state index contributed by atoms with van der Waals surface area (Å²) in [5.74, 6) is -0.0667. The molecule has 0 heterocycles. The van der Waals surface area contributed by atoms with Gasteiger partial charge >= 0.3 is 0 Å². The van der Waals surface area contributed by atoms with E-state index in [2.05, 4.69) is 5.32 Å². The van der Waals surface area contributed by atoms with Gasteiger partial charge in [0.1, 0.15) is 11.5 Å². The second-order valence-corrected chi connectivity index (χ2v) is 5.49. The molecule has 1 aromatic rings. The van der Waals surface area contributed by atoms with Crippen molar-refractivity contribution < 1.29 is 13.5 Å². The maximum absolute atomic E-state index is 13.2. The molecule has 18 heavy (non-hydrogen) atoms. The number of nitro groups is 1. The molecule has 5 nitrogen and oxygen atoms in total. The number of hydrogen-bond acceptors (Lipinski definition) is 4. The summed E-state index contributed by atoms with van der Waals surface area (Å²) in [5.41, 5.74) is 0.360. The SMILES string of the molecule is Cc1cc(NCCCS(C)=O)c([N+](=O)[O-])cc1F. The molecule has 7 heteroatoms. The van der Waals surface area contributed by atoms with E-state index >= 15 is 0 Å². The number of nitro benzene ring substituents is 1. The van der Waals surface area contributed by atoms with Gasteiger partial charge in [-0.05, 0) is 25.0 Å². The lowest BCUT2D eigenvalue weighted by Crippen LogP contribution is -2.08. The normalized spacial score (nSPS) is 12.2. The fourth-order valence-electron chi connectivity index (χ4n) is 1.46. The number of nitrogens with one attached hydrogen (secondary N) is 1. The fraction of sp³-hybridized carbons (Fsp3) is 0.455. The van der Waals surface area contributed by atoms with Crippen LogP contribution < -0.4 is 5.32 Å². The first kappa shape index (κ1) is 14.6. The van der Waals surface area contributed by atoms with Crippen molar-refractivity contribution in [1.82, 2.24) is 0 Å². The minimum Gasteiger partial charge on any atom is -0.379 e. The van der Waals surface area contributed by atoms with Crippen LogP contribution in [0, 0.1) is 22.9 Å². The lowest BCUT2D eigenvalue weighted by Gasteiger charge is -2.08. The minimum absolute atomic E-state index is 0.282. The van der Waals surface area contributed by atoms with E-state index in [1.54, 1.807) is 13.2 Å². The molecule has 0 spiro atoms. The Morgan fingerprint density at radius 3 is 2.72 bits per heavy atom. The average Bonchev–Trinajstić information content (AvgIpc) is 2.28. The zero-order chi connectivity index (χ0) is 13.7. The highest BCUT2D eigenvalue weighted by atomic mass is 32.2. The predicted molar refractivity (Wildman–Crippen MR) is 69.8 cm³/mol. The first-order valence-corrected chi connectivity index (χ1v) is 7.13. The topological polar surface area (TPSA) is 72.2 Å². The van der Waals surface area contributed by atoms with Crippen LogP contribution in [0.4, 0.5) is 15.8 Å². The van der Waals surface area contributed by atoms with Crippen LogP contribution in [-0.2, 0) is 10.8 Å². The summed E-state index contributed by atoms with van der Waals surface area (Å²) in [5, 5.41) is 13.7. The summed E-state index contributed by atoms with van der Waals surface area (Å²) in [4.78, 5) is 10.2. The summed E-state index contributed by atoms with van der Waals surface area (Å²) in [6.45, 7) is 2.01. The Morgan fingerprint density at radius 1 is 1.50 bits per heavy atom. The van der Waals surface area contributed by atoms with Gasteiger partial charge in [-0.25, -0.2) is 4.39 Å². The molecule has 1 aromatic carbocycles. The van der Waals surface area contributed by atoms with Crippen molar-refractivity contribution >= 4 is 22.2 Å². The van der Waals surface area contributed by atoms with E-state index in [1.165, 1.54) is 6.07 Å². The summed E-state index contributed by atoms with van der Waals surface area (Å²) in [7, 11) is -0.880. The van der Waals surface area contributed by atoms with Crippen molar-refractivity contribution in [3.63, 3.8) is 0 Å². The third-order valence-electron chi connectivity index (χ3n) is 2.40. The first-order valence-electron chi connectivity index (χ1n) is 5.40. The highest BCUT2D eigenvalue weighted by Gasteiger charge is 2.16. The van der Waals surface area contributed by atoms with Gasteiger partial charge in [-0.2, -0.15) is 0 Å². The molecule has 0 aliphatic carbocycles. The number of benzene rings is 1. The Bertz CT molecular complexity index is 480. The van der Waals surface area contributed by atoms with E-state index in [4.69, 9.17) is 0 Å². The molecule has 1 atom stereocenters. The summed E-state index contributed by atoms with van der Waals surface area (Å²) in [6, 6.07) is 2.33. The molecule has 0 saturated heterocycles. The Kier molecular flexibility index (Phi) is 5.21. The lowest BCUT2D eigenvalue weighted by atomic mass is 10.2. The van der Waals surface area contributed by atoms with Crippen LogP contribution in [0.25, 0.3) is 0 Å². The van der Waals surface area contributed by atoms with Gasteiger partial charge in [0.05, 0.1) is 11.0 Å². The third-order valence-corrected chi connectivity index (χ3v) is 3.26. The van der Waals surface area contributed by atoms with Crippen molar-refractivity contribution in [3.8, 4) is 0 Å². The van der Waals surface area contributed by atoms with Gasteiger partial charge in [0.15, 0.2) is 0 Å². The van der Waals surface area contributed by atoms with Crippen LogP contribution in [0.2, 0.25) is 0 Å². The first-order chi connectivity index (χ1) is 8.41. The molecule has 0 aromatic heterocycles. The molecule has 0 fully saturated rings. The van der Waals surface area contributed by atoms with Crippen molar-refractivity contribution in [2.24, 2.45) is 0 Å². The molecular weight excluding hydrogens is 259 g/mol. The fourth-order valence-corrected chi connectivity index (χ4v) is 2.01. The van der Waals surface area contributed by atoms with Crippen LogP contribution in [0.5, 0.6) is 0 Å². The molecule has 0 aliphatic heterocycles. The van der Waals surface area contributed by atoms with Gasteiger partial charge in [0.2, 0.25) is 0 Å². The maximum atomic E-state index is 13.2. The molecule has 0 saturated carbocycles. The van der Waals surface area contributed by atoms with Crippen LogP contribution >= 0.6 is 0 Å². The molecule has 0 radical (unpaired) electrons. The van der Waals surface area contributed by atoms with Gasteiger partial charge in [0, 0.05) is 29.4 Å². The summed E-state index contributed by atoms with van der Waals surface area (Å²) >= 11 is 0. The van der Waals surface area contributed by atoms with E-state index in [0.717, 1.165) is 6.07 Å². The number of anilines is 1. The second-order valence-electron chi connectivity index (χ2n) is 3.93. The lowest BCUT2D eigenvalue weighted by molar-refractivity contribution is -0.384. The van der Waals surface area contributed by atoms with Gasteiger partial charge in [-0.15, -0.1) is 0 Å². The minimum atomic E-state index is -0.880. The molecule has 1 rings (SSSR count).